The molecule has 6 nitrogen and oxygen atoms in total. The van der Waals surface area contributed by atoms with Crippen molar-refractivity contribution in [1.29, 1.82) is 5.26 Å². The molecule has 1 N–H and O–H groups in total. The van der Waals surface area contributed by atoms with E-state index in [2.05, 4.69) is 24.8 Å². The molecule has 1 aliphatic rings. The molecule has 0 atom stereocenters. The second-order valence-electron chi connectivity index (χ2n) is 7.38. The van der Waals surface area contributed by atoms with Crippen molar-refractivity contribution in [2.45, 2.75) is 52.9 Å². The number of aliphatic hydroxyl groups is 1. The van der Waals surface area contributed by atoms with Crippen molar-refractivity contribution in [2.75, 3.05) is 31.1 Å². The highest BCUT2D eigenvalue weighted by Gasteiger charge is 2.35. The molecular weight excluding hydrogens is 398 g/mol. The Hall–Kier alpha value is -2.43. The molecule has 0 bridgehead atoms. The Balaban J connectivity index is 2.36. The van der Waals surface area contributed by atoms with Crippen LogP contribution in [0.5, 0.6) is 0 Å². The van der Waals surface area contributed by atoms with E-state index in [1.807, 2.05) is 12.1 Å². The normalized spacial score (nSPS) is 15.8. The maximum Gasteiger partial charge on any atom is 0.271 e. The number of unbranched alkanes of at least 4 members (excludes halogenated alkanes) is 2. The van der Waals surface area contributed by atoms with E-state index in [0.717, 1.165) is 48.5 Å². The van der Waals surface area contributed by atoms with Crippen LogP contribution in [0, 0.1) is 11.3 Å². The van der Waals surface area contributed by atoms with Gasteiger partial charge in [0.15, 0.2) is 0 Å². The minimum Gasteiger partial charge on any atom is -0.396 e. The van der Waals surface area contributed by atoms with Gasteiger partial charge >= 0.3 is 0 Å². The summed E-state index contributed by atoms with van der Waals surface area (Å²) in [5, 5.41) is 19.7. The molecule has 0 saturated carbocycles. The summed E-state index contributed by atoms with van der Waals surface area (Å²) in [6.45, 7) is 8.00. The van der Waals surface area contributed by atoms with Crippen LogP contribution in [0.2, 0.25) is 0 Å². The number of anilines is 1. The first kappa shape index (κ1) is 23.8. The van der Waals surface area contributed by atoms with Crippen molar-refractivity contribution in [3.8, 4) is 6.07 Å². The van der Waals surface area contributed by atoms with Gasteiger partial charge in [-0.1, -0.05) is 26.7 Å². The Kier molecular flexibility index (Phi) is 9.28. The predicted octanol–water partition coefficient (Wildman–Crippen LogP) is 4.13. The number of rotatable bonds is 11. The standard InChI is InChI=1S/C23H31N3O3S/c1-4-6-11-25(12-7-5-2)21-10-9-18(30-21)15-19-17(3)20(16-24)23(29)26(22(19)28)13-8-14-27/h9-10,15,27H,4-8,11-14H2,1-3H3/b19-15+. The molecular formula is C23H31N3O3S. The number of nitrogens with zero attached hydrogens (tertiary/aromatic N) is 3. The summed E-state index contributed by atoms with van der Waals surface area (Å²) < 4.78 is 0. The first-order valence-corrected chi connectivity index (χ1v) is 11.4. The van der Waals surface area contributed by atoms with E-state index < -0.39 is 11.8 Å². The van der Waals surface area contributed by atoms with Gasteiger partial charge in [-0.15, -0.1) is 11.3 Å². The minimum absolute atomic E-state index is 0.0110. The van der Waals surface area contributed by atoms with Gasteiger partial charge in [-0.3, -0.25) is 14.5 Å². The van der Waals surface area contributed by atoms with Crippen molar-refractivity contribution >= 4 is 34.2 Å². The molecule has 0 radical (unpaired) electrons. The average molecular weight is 430 g/mol. The number of hydrogen-bond donors (Lipinski definition) is 1. The van der Waals surface area contributed by atoms with Crippen LogP contribution in [-0.4, -0.2) is 48.1 Å². The summed E-state index contributed by atoms with van der Waals surface area (Å²) in [5.74, 6) is -0.989. The maximum absolute atomic E-state index is 12.9. The molecule has 1 aromatic rings. The predicted molar refractivity (Wildman–Crippen MR) is 121 cm³/mol. The monoisotopic (exact) mass is 429 g/mol. The maximum atomic E-state index is 12.9. The Morgan fingerprint density at radius 2 is 1.80 bits per heavy atom. The lowest BCUT2D eigenvalue weighted by molar-refractivity contribution is -0.140. The minimum atomic E-state index is -0.581. The SMILES string of the molecule is CCCCN(CCCC)c1ccc(/C=C2/C(=O)N(CCCO)C(=O)C(C#N)=C2C)s1. The average Bonchev–Trinajstić information content (AvgIpc) is 3.20. The van der Waals surface area contributed by atoms with E-state index in [4.69, 9.17) is 5.11 Å². The van der Waals surface area contributed by atoms with Crippen molar-refractivity contribution in [2.24, 2.45) is 0 Å². The van der Waals surface area contributed by atoms with Gasteiger partial charge < -0.3 is 10.0 Å². The van der Waals surface area contributed by atoms with E-state index in [1.165, 1.54) is 5.00 Å². The molecule has 1 aromatic heterocycles. The fourth-order valence-corrected chi connectivity index (χ4v) is 4.33. The molecule has 7 heteroatoms. The summed E-state index contributed by atoms with van der Waals surface area (Å²) in [4.78, 5) is 29.8. The Bertz CT molecular complexity index is 855. The van der Waals surface area contributed by atoms with Crippen LogP contribution < -0.4 is 4.90 Å². The molecule has 0 aliphatic carbocycles. The van der Waals surface area contributed by atoms with Crippen LogP contribution in [0.3, 0.4) is 0 Å². The molecule has 30 heavy (non-hydrogen) atoms. The number of thiophene rings is 1. The molecule has 0 unspecified atom stereocenters. The third-order valence-electron chi connectivity index (χ3n) is 5.14. The molecule has 0 saturated heterocycles. The number of carbonyl (C=O) groups excluding carboxylic acids is 2. The van der Waals surface area contributed by atoms with Gasteiger partial charge in [0.25, 0.3) is 11.8 Å². The van der Waals surface area contributed by atoms with Crippen molar-refractivity contribution in [3.63, 3.8) is 0 Å². The van der Waals surface area contributed by atoms with Crippen LogP contribution in [0.25, 0.3) is 6.08 Å². The zero-order chi connectivity index (χ0) is 22.1. The molecule has 2 heterocycles. The zero-order valence-electron chi connectivity index (χ0n) is 18.1. The molecule has 2 amide bonds. The topological polar surface area (TPSA) is 84.6 Å². The third-order valence-corrected chi connectivity index (χ3v) is 6.23. The van der Waals surface area contributed by atoms with Gasteiger partial charge in [0.1, 0.15) is 11.6 Å². The quantitative estimate of drug-likeness (QED) is 0.422. The van der Waals surface area contributed by atoms with Gasteiger partial charge in [-0.25, -0.2) is 0 Å². The lowest BCUT2D eigenvalue weighted by Gasteiger charge is -2.27. The number of amides is 2. The molecule has 162 valence electrons. The van der Waals surface area contributed by atoms with Crippen LogP contribution in [0.1, 0.15) is 57.8 Å². The van der Waals surface area contributed by atoms with Gasteiger partial charge in [-0.2, -0.15) is 5.26 Å². The summed E-state index contributed by atoms with van der Waals surface area (Å²) in [6.07, 6.45) is 6.60. The second kappa shape index (κ2) is 11.7. The van der Waals surface area contributed by atoms with Crippen molar-refractivity contribution in [1.82, 2.24) is 4.90 Å². The van der Waals surface area contributed by atoms with E-state index >= 15 is 0 Å². The summed E-state index contributed by atoms with van der Waals surface area (Å²) in [6, 6.07) is 6.01. The fraction of sp³-hybridized carbons (Fsp3) is 0.522. The highest BCUT2D eigenvalue weighted by Crippen LogP contribution is 2.32. The van der Waals surface area contributed by atoms with Crippen LogP contribution >= 0.6 is 11.3 Å². The molecule has 0 spiro atoms. The number of aliphatic hydroxyl groups excluding tert-OH is 1. The summed E-state index contributed by atoms with van der Waals surface area (Å²) in [7, 11) is 0. The highest BCUT2D eigenvalue weighted by molar-refractivity contribution is 7.17. The van der Waals surface area contributed by atoms with Crippen LogP contribution in [0.4, 0.5) is 5.00 Å². The Labute approximate surface area is 183 Å². The summed E-state index contributed by atoms with van der Waals surface area (Å²) in [5.41, 5.74) is 0.769. The van der Waals surface area contributed by atoms with Crippen LogP contribution in [-0.2, 0) is 9.59 Å². The first-order chi connectivity index (χ1) is 14.5. The lowest BCUT2D eigenvalue weighted by atomic mass is 9.94. The largest absolute Gasteiger partial charge is 0.396 e. The van der Waals surface area contributed by atoms with E-state index in [-0.39, 0.29) is 25.1 Å². The highest BCUT2D eigenvalue weighted by atomic mass is 32.1. The fourth-order valence-electron chi connectivity index (χ4n) is 3.32. The number of nitriles is 1. The smallest absolute Gasteiger partial charge is 0.271 e. The molecule has 0 aromatic carbocycles. The molecule has 1 aliphatic heterocycles. The lowest BCUT2D eigenvalue weighted by Crippen LogP contribution is -2.43. The Morgan fingerprint density at radius 1 is 1.13 bits per heavy atom. The molecule has 2 rings (SSSR count). The number of imide groups is 1. The first-order valence-electron chi connectivity index (χ1n) is 10.6. The van der Waals surface area contributed by atoms with Crippen molar-refractivity contribution < 1.29 is 14.7 Å². The van der Waals surface area contributed by atoms with E-state index in [0.29, 0.717) is 11.1 Å². The van der Waals surface area contributed by atoms with E-state index in [1.54, 1.807) is 24.3 Å². The van der Waals surface area contributed by atoms with E-state index in [9.17, 15) is 14.9 Å². The van der Waals surface area contributed by atoms with Gasteiger partial charge in [0, 0.05) is 36.7 Å². The van der Waals surface area contributed by atoms with Crippen LogP contribution in [0.15, 0.2) is 28.9 Å². The van der Waals surface area contributed by atoms with Gasteiger partial charge in [-0.05, 0) is 50.0 Å². The Morgan fingerprint density at radius 3 is 2.37 bits per heavy atom. The second-order valence-corrected chi connectivity index (χ2v) is 8.47. The number of hydrogen-bond acceptors (Lipinski definition) is 6. The van der Waals surface area contributed by atoms with Gasteiger partial charge in [0.05, 0.1) is 5.00 Å². The van der Waals surface area contributed by atoms with Crippen molar-refractivity contribution in [3.05, 3.63) is 33.7 Å². The third kappa shape index (κ3) is 5.59. The summed E-state index contributed by atoms with van der Waals surface area (Å²) >= 11 is 1.62. The molecule has 0 fully saturated rings. The van der Waals surface area contributed by atoms with Gasteiger partial charge in [0.2, 0.25) is 0 Å². The zero-order valence-corrected chi connectivity index (χ0v) is 18.9. The number of carbonyl (C=O) groups is 2.